The van der Waals surface area contributed by atoms with Crippen LogP contribution in [0.15, 0.2) is 35.5 Å². The van der Waals surface area contributed by atoms with Gasteiger partial charge in [0.25, 0.3) is 0 Å². The molecule has 5 heteroatoms. The van der Waals surface area contributed by atoms with E-state index in [0.717, 1.165) is 50.9 Å². The average Bonchev–Trinajstić information content (AvgIpc) is 3.70. The molecule has 268 valence electrons. The molecule has 0 aromatic carbocycles. The first-order valence-electron chi connectivity index (χ1n) is 20.1. The summed E-state index contributed by atoms with van der Waals surface area (Å²) in [6, 6.07) is 0. The third-order valence-corrected chi connectivity index (χ3v) is 16.9. The van der Waals surface area contributed by atoms with E-state index in [-0.39, 0.29) is 16.9 Å². The molecule has 4 saturated carbocycles. The fraction of sp³-hybridized carbons (Fsp3) is 0.837. The van der Waals surface area contributed by atoms with Crippen molar-refractivity contribution in [3.8, 4) is 0 Å². The zero-order valence-corrected chi connectivity index (χ0v) is 31.4. The van der Waals surface area contributed by atoms with Crippen molar-refractivity contribution in [3.05, 3.63) is 35.5 Å². The van der Waals surface area contributed by atoms with Crippen molar-refractivity contribution in [2.75, 3.05) is 26.2 Å². The van der Waals surface area contributed by atoms with Crippen LogP contribution >= 0.6 is 0 Å². The first-order valence-corrected chi connectivity index (χ1v) is 20.1. The van der Waals surface area contributed by atoms with E-state index in [1.165, 1.54) is 81.8 Å². The summed E-state index contributed by atoms with van der Waals surface area (Å²) in [6.07, 6.45) is 22.0. The molecule has 11 atom stereocenters. The van der Waals surface area contributed by atoms with Crippen LogP contribution in [0.1, 0.15) is 131 Å². The number of carboxylic acid groups (broad SMARTS) is 1. The predicted octanol–water partition coefficient (Wildman–Crippen LogP) is 9.10. The summed E-state index contributed by atoms with van der Waals surface area (Å²) in [4.78, 5) is 11.7. The van der Waals surface area contributed by atoms with Crippen LogP contribution in [0.5, 0.6) is 0 Å². The zero-order valence-electron chi connectivity index (χ0n) is 31.4. The molecule has 5 fully saturated rings. The lowest BCUT2D eigenvalue weighted by Crippen LogP contribution is -2.68. The second-order valence-electron chi connectivity index (χ2n) is 19.2. The number of rotatable bonds is 9. The number of carbonyl (C=O) groups is 1. The molecule has 7 aliphatic rings. The summed E-state index contributed by atoms with van der Waals surface area (Å²) in [5, 5.41) is 17.6. The lowest BCUT2D eigenvalue weighted by molar-refractivity contribution is -0.221. The molecule has 0 aromatic rings. The van der Waals surface area contributed by atoms with Crippen molar-refractivity contribution in [3.63, 3.8) is 0 Å². The molecule has 0 bridgehead atoms. The van der Waals surface area contributed by atoms with Gasteiger partial charge >= 0.3 is 5.97 Å². The highest BCUT2D eigenvalue weighted by Gasteiger charge is 2.70. The summed E-state index contributed by atoms with van der Waals surface area (Å²) in [5.41, 5.74) is 5.79. The van der Waals surface area contributed by atoms with Crippen molar-refractivity contribution in [2.24, 2.45) is 57.2 Å². The number of aliphatic carboxylic acids is 1. The van der Waals surface area contributed by atoms with Gasteiger partial charge in [-0.1, -0.05) is 58.9 Å². The van der Waals surface area contributed by atoms with Gasteiger partial charge in [0.2, 0.25) is 0 Å². The summed E-state index contributed by atoms with van der Waals surface area (Å²) in [7, 11) is 0. The number of allylic oxidation sites excluding steroid dienone is 5. The molecule has 7 rings (SSSR count). The molecule has 0 spiro atoms. The molecule has 1 heterocycles. The van der Waals surface area contributed by atoms with Gasteiger partial charge in [-0.3, -0.25) is 4.79 Å². The van der Waals surface area contributed by atoms with Crippen LogP contribution in [0, 0.1) is 57.2 Å². The average molecular weight is 661 g/mol. The normalized spacial score (nSPS) is 46.4. The van der Waals surface area contributed by atoms with Gasteiger partial charge in [-0.15, -0.1) is 0 Å². The molecule has 0 aromatic heterocycles. The quantitative estimate of drug-likeness (QED) is 0.170. The Labute approximate surface area is 292 Å². The minimum Gasteiger partial charge on any atom is -0.481 e. The highest BCUT2D eigenvalue weighted by molar-refractivity contribution is 5.70. The van der Waals surface area contributed by atoms with Crippen molar-refractivity contribution >= 4 is 5.97 Å². The summed E-state index contributed by atoms with van der Waals surface area (Å²) in [6.45, 7) is 24.2. The number of ether oxygens (including phenoxy) is 1. The van der Waals surface area contributed by atoms with E-state index in [1.807, 2.05) is 0 Å². The largest absolute Gasteiger partial charge is 0.481 e. The van der Waals surface area contributed by atoms with E-state index in [2.05, 4.69) is 70.9 Å². The molecular formula is C43H68N2O3. The Morgan fingerprint density at radius 3 is 2.44 bits per heavy atom. The number of hydrogen-bond donors (Lipinski definition) is 3. The van der Waals surface area contributed by atoms with Crippen molar-refractivity contribution < 1.29 is 14.6 Å². The second kappa shape index (κ2) is 12.7. The number of hydrogen-bond acceptors (Lipinski definition) is 4. The monoisotopic (exact) mass is 661 g/mol. The van der Waals surface area contributed by atoms with E-state index in [4.69, 9.17) is 4.74 Å². The molecular weight excluding hydrogens is 592 g/mol. The number of nitrogens with one attached hydrogen (secondary N) is 2. The molecule has 6 aliphatic carbocycles. The minimum atomic E-state index is -0.629. The van der Waals surface area contributed by atoms with Gasteiger partial charge in [0.05, 0.1) is 12.0 Å². The molecule has 1 unspecified atom stereocenters. The fourth-order valence-corrected chi connectivity index (χ4v) is 14.4. The Kier molecular flexibility index (Phi) is 9.23. The highest BCUT2D eigenvalue weighted by atomic mass is 16.5. The minimum absolute atomic E-state index is 0.119. The van der Waals surface area contributed by atoms with Gasteiger partial charge in [0.15, 0.2) is 0 Å². The predicted molar refractivity (Wildman–Crippen MR) is 196 cm³/mol. The standard InChI is InChI=1S/C43H68N2O3/c1-28(2)32-16-21-43(45-25-24-44-27-31-9-8-26-48-31)23-22-41(6)34(37(32)43)14-15-36-40(5)19-17-33(29-10-12-30(13-11-29)38(46)47)39(3,4)35(40)18-20-42(36,41)7/h10,17,30-32,34-37,44-45H,1,8-9,11-16,18-27H2,2-7H3,(H,46,47)/t30?,31-,32-,34+,35-,36+,37+,40-,41+,42+,43-/m0/s1. The van der Waals surface area contributed by atoms with E-state index in [9.17, 15) is 9.90 Å². The Morgan fingerprint density at radius 1 is 0.938 bits per heavy atom. The van der Waals surface area contributed by atoms with Gasteiger partial charge in [-0.25, -0.2) is 0 Å². The van der Waals surface area contributed by atoms with Gasteiger partial charge in [-0.2, -0.15) is 0 Å². The first-order chi connectivity index (χ1) is 22.8. The Balaban J connectivity index is 1.12. The lowest BCUT2D eigenvalue weighted by Gasteiger charge is -2.72. The molecule has 5 nitrogen and oxygen atoms in total. The third kappa shape index (κ3) is 5.37. The number of carboxylic acids is 1. The molecule has 0 radical (unpaired) electrons. The van der Waals surface area contributed by atoms with Crippen LogP contribution in [0.3, 0.4) is 0 Å². The Bertz CT molecular complexity index is 1330. The van der Waals surface area contributed by atoms with Gasteiger partial charge in [-0.05, 0) is 159 Å². The topological polar surface area (TPSA) is 70.6 Å². The molecule has 1 aliphatic heterocycles. The summed E-state index contributed by atoms with van der Waals surface area (Å²) < 4.78 is 5.86. The molecule has 0 amide bonds. The van der Waals surface area contributed by atoms with Crippen LogP contribution < -0.4 is 10.6 Å². The molecule has 48 heavy (non-hydrogen) atoms. The van der Waals surface area contributed by atoms with Crippen LogP contribution in [0.25, 0.3) is 0 Å². The zero-order chi connectivity index (χ0) is 34.1. The lowest BCUT2D eigenvalue weighted by atomic mass is 9.33. The van der Waals surface area contributed by atoms with E-state index >= 15 is 0 Å². The van der Waals surface area contributed by atoms with Crippen LogP contribution in [-0.2, 0) is 9.53 Å². The maximum Gasteiger partial charge on any atom is 0.306 e. The van der Waals surface area contributed by atoms with Crippen molar-refractivity contribution in [1.82, 2.24) is 10.6 Å². The van der Waals surface area contributed by atoms with Crippen LogP contribution in [0.4, 0.5) is 0 Å². The maximum absolute atomic E-state index is 11.7. The highest BCUT2D eigenvalue weighted by Crippen LogP contribution is 2.76. The molecule has 3 N–H and O–H groups in total. The van der Waals surface area contributed by atoms with Gasteiger partial charge < -0.3 is 20.5 Å². The number of fused-ring (bicyclic) bond motifs is 7. The first kappa shape index (κ1) is 35.0. The van der Waals surface area contributed by atoms with Crippen LogP contribution in [0.2, 0.25) is 0 Å². The van der Waals surface area contributed by atoms with E-state index < -0.39 is 5.97 Å². The van der Waals surface area contributed by atoms with Crippen molar-refractivity contribution in [1.29, 1.82) is 0 Å². The Hall–Kier alpha value is -1.43. The van der Waals surface area contributed by atoms with Crippen LogP contribution in [-0.4, -0.2) is 49.0 Å². The summed E-state index contributed by atoms with van der Waals surface area (Å²) in [5.74, 6) is 2.65. The van der Waals surface area contributed by atoms with Crippen molar-refractivity contribution in [2.45, 2.75) is 143 Å². The SMILES string of the molecule is C=C(C)[C@@H]1CC[C@]2(NCCNC[C@@H]3CCCO3)CC[C@]3(C)[C@H](CC[C@@H]4[C@@]5(C)CC=C(C6=CCC(C(=O)O)CC6)C(C)(C)[C@@H]5CC[C@]43C)[C@@H]12. The summed E-state index contributed by atoms with van der Waals surface area (Å²) >= 11 is 0. The maximum atomic E-state index is 11.7. The van der Waals surface area contributed by atoms with E-state index in [1.54, 1.807) is 5.57 Å². The van der Waals surface area contributed by atoms with Gasteiger partial charge in [0, 0.05) is 31.8 Å². The van der Waals surface area contributed by atoms with E-state index in [0.29, 0.717) is 46.5 Å². The fourth-order valence-electron chi connectivity index (χ4n) is 14.4. The Morgan fingerprint density at radius 2 is 1.75 bits per heavy atom. The third-order valence-electron chi connectivity index (χ3n) is 16.9. The smallest absolute Gasteiger partial charge is 0.306 e. The van der Waals surface area contributed by atoms with Gasteiger partial charge in [0.1, 0.15) is 0 Å². The molecule has 1 saturated heterocycles. The second-order valence-corrected chi connectivity index (χ2v) is 19.2.